The third kappa shape index (κ3) is 4.70. The lowest BCUT2D eigenvalue weighted by Gasteiger charge is -2.11. The van der Waals surface area contributed by atoms with Crippen molar-refractivity contribution in [2.24, 2.45) is 0 Å². The largest absolute Gasteiger partial charge is 0.490 e. The molecule has 0 bridgehead atoms. The summed E-state index contributed by atoms with van der Waals surface area (Å²) < 4.78 is 12.4. The molecule has 0 amide bonds. The molecule has 0 atom stereocenters. The van der Waals surface area contributed by atoms with Gasteiger partial charge >= 0.3 is 5.97 Å². The second-order valence-corrected chi connectivity index (χ2v) is 6.98. The van der Waals surface area contributed by atoms with E-state index in [9.17, 15) is 4.79 Å². The Morgan fingerprint density at radius 2 is 1.93 bits per heavy atom. The highest BCUT2D eigenvalue weighted by atomic mass is 35.5. The number of aryl methyl sites for hydroxylation is 2. The third-order valence-electron chi connectivity index (χ3n) is 3.96. The molecule has 0 N–H and O–H groups in total. The van der Waals surface area contributed by atoms with Gasteiger partial charge in [-0.05, 0) is 44.4 Å². The second kappa shape index (κ2) is 8.58. The first-order chi connectivity index (χ1) is 13.0. The minimum absolute atomic E-state index is 0.121. The zero-order valence-corrected chi connectivity index (χ0v) is 16.8. The summed E-state index contributed by atoms with van der Waals surface area (Å²) in [4.78, 5) is 21.0. The van der Waals surface area contributed by atoms with Crippen LogP contribution in [-0.2, 0) is 16.0 Å². The minimum atomic E-state index is -0.340. The number of benzene rings is 1. The summed E-state index contributed by atoms with van der Waals surface area (Å²) in [7, 11) is 0. The van der Waals surface area contributed by atoms with E-state index in [0.717, 1.165) is 17.0 Å². The van der Waals surface area contributed by atoms with E-state index in [1.54, 1.807) is 28.8 Å². The van der Waals surface area contributed by atoms with Crippen LogP contribution >= 0.6 is 23.4 Å². The van der Waals surface area contributed by atoms with Gasteiger partial charge in [0.15, 0.2) is 0 Å². The quantitative estimate of drug-likeness (QED) is 0.338. The molecule has 0 aliphatic heterocycles. The second-order valence-electron chi connectivity index (χ2n) is 5.77. The predicted octanol–water partition coefficient (Wildman–Crippen LogP) is 3.28. The minimum Gasteiger partial charge on any atom is -0.490 e. The molecule has 1 aromatic carbocycles. The average Bonchev–Trinajstić information content (AvgIpc) is 3.07. The summed E-state index contributed by atoms with van der Waals surface area (Å²) in [6.07, 6.45) is 2.03. The Hall–Kier alpha value is -2.32. The molecule has 0 unspecified atom stereocenters. The molecule has 2 heterocycles. The number of ether oxygens (including phenoxy) is 2. The van der Waals surface area contributed by atoms with Crippen LogP contribution < -0.4 is 4.74 Å². The Morgan fingerprint density at radius 3 is 2.63 bits per heavy atom. The number of hydrogen-bond donors (Lipinski definition) is 0. The van der Waals surface area contributed by atoms with Gasteiger partial charge in [0.1, 0.15) is 19.0 Å². The van der Waals surface area contributed by atoms with Crippen molar-refractivity contribution in [3.05, 3.63) is 46.2 Å². The van der Waals surface area contributed by atoms with Crippen LogP contribution in [0.3, 0.4) is 0 Å². The van der Waals surface area contributed by atoms with Gasteiger partial charge in [0.05, 0.1) is 6.42 Å². The maximum absolute atomic E-state index is 12.2. The van der Waals surface area contributed by atoms with E-state index in [-0.39, 0.29) is 25.6 Å². The van der Waals surface area contributed by atoms with E-state index in [1.165, 1.54) is 11.8 Å². The van der Waals surface area contributed by atoms with Crippen molar-refractivity contribution >= 4 is 35.1 Å². The summed E-state index contributed by atoms with van der Waals surface area (Å²) in [5.41, 5.74) is 2.37. The summed E-state index contributed by atoms with van der Waals surface area (Å²) in [5, 5.41) is 5.66. The van der Waals surface area contributed by atoms with Gasteiger partial charge < -0.3 is 9.47 Å². The van der Waals surface area contributed by atoms with Gasteiger partial charge in [-0.15, -0.1) is 5.10 Å². The molecule has 27 heavy (non-hydrogen) atoms. The molecule has 7 nitrogen and oxygen atoms in total. The van der Waals surface area contributed by atoms with Gasteiger partial charge in [-0.3, -0.25) is 4.79 Å². The van der Waals surface area contributed by atoms with Crippen molar-refractivity contribution in [2.45, 2.75) is 25.4 Å². The number of carbonyl (C=O) groups is 1. The summed E-state index contributed by atoms with van der Waals surface area (Å²) in [6.45, 7) is 4.18. The molecule has 0 fully saturated rings. The highest BCUT2D eigenvalue weighted by molar-refractivity contribution is 7.98. The first kappa shape index (κ1) is 19.4. The Balaban J connectivity index is 1.58. The van der Waals surface area contributed by atoms with Crippen molar-refractivity contribution in [1.29, 1.82) is 0 Å². The standard InChI is InChI=1S/C18H19ClN4O3S/c1-11-15(12(2)23-17(20-11)21-18(22-23)27-3)10-16(24)26-9-8-25-14-6-4-13(19)5-7-14/h4-7H,8-10H2,1-3H3. The Kier molecular flexibility index (Phi) is 6.18. The zero-order chi connectivity index (χ0) is 19.4. The van der Waals surface area contributed by atoms with Gasteiger partial charge in [0.2, 0.25) is 5.16 Å². The Bertz CT molecular complexity index is 959. The molecule has 9 heteroatoms. The molecule has 0 aliphatic carbocycles. The van der Waals surface area contributed by atoms with E-state index >= 15 is 0 Å². The summed E-state index contributed by atoms with van der Waals surface area (Å²) >= 11 is 7.27. The number of nitrogens with zero attached hydrogens (tertiary/aromatic N) is 4. The SMILES string of the molecule is CSc1nc2nc(C)c(CC(=O)OCCOc3ccc(Cl)cc3)c(C)n2n1. The number of rotatable bonds is 7. The highest BCUT2D eigenvalue weighted by Gasteiger charge is 2.16. The number of thioether (sulfide) groups is 1. The molecule has 3 rings (SSSR count). The lowest BCUT2D eigenvalue weighted by Crippen LogP contribution is -2.16. The topological polar surface area (TPSA) is 78.6 Å². The van der Waals surface area contributed by atoms with Crippen molar-refractivity contribution in [1.82, 2.24) is 19.6 Å². The number of aromatic nitrogens is 4. The predicted molar refractivity (Wildman–Crippen MR) is 104 cm³/mol. The number of fused-ring (bicyclic) bond motifs is 1. The van der Waals surface area contributed by atoms with Crippen molar-refractivity contribution in [3.8, 4) is 5.75 Å². The number of hydrogen-bond acceptors (Lipinski definition) is 7. The first-order valence-electron chi connectivity index (χ1n) is 8.28. The van der Waals surface area contributed by atoms with Crippen LogP contribution in [0.1, 0.15) is 17.0 Å². The van der Waals surface area contributed by atoms with Crippen molar-refractivity contribution < 1.29 is 14.3 Å². The maximum Gasteiger partial charge on any atom is 0.310 e. The fourth-order valence-electron chi connectivity index (χ4n) is 2.57. The molecule has 2 aromatic heterocycles. The number of esters is 1. The average molecular weight is 407 g/mol. The third-order valence-corrected chi connectivity index (χ3v) is 4.75. The van der Waals surface area contributed by atoms with Crippen LogP contribution in [0.15, 0.2) is 29.4 Å². The summed E-state index contributed by atoms with van der Waals surface area (Å²) in [6, 6.07) is 7.01. The van der Waals surface area contributed by atoms with Crippen LogP contribution in [0.5, 0.6) is 5.75 Å². The molecule has 0 aliphatic rings. The molecule has 142 valence electrons. The van der Waals surface area contributed by atoms with Crippen LogP contribution in [0, 0.1) is 13.8 Å². The lowest BCUT2D eigenvalue weighted by atomic mass is 10.1. The fourth-order valence-corrected chi connectivity index (χ4v) is 3.04. The monoisotopic (exact) mass is 406 g/mol. The summed E-state index contributed by atoms with van der Waals surface area (Å²) in [5.74, 6) is 0.864. The van der Waals surface area contributed by atoms with E-state index < -0.39 is 0 Å². The van der Waals surface area contributed by atoms with Gasteiger partial charge in [-0.1, -0.05) is 23.4 Å². The number of halogens is 1. The van der Waals surface area contributed by atoms with E-state index in [4.69, 9.17) is 21.1 Å². The van der Waals surface area contributed by atoms with E-state index in [2.05, 4.69) is 15.1 Å². The van der Waals surface area contributed by atoms with Gasteiger partial charge in [0.25, 0.3) is 5.78 Å². The molecular weight excluding hydrogens is 388 g/mol. The smallest absolute Gasteiger partial charge is 0.310 e. The van der Waals surface area contributed by atoms with Crippen molar-refractivity contribution in [2.75, 3.05) is 19.5 Å². The highest BCUT2D eigenvalue weighted by Crippen LogP contribution is 2.18. The van der Waals surface area contributed by atoms with E-state index in [1.807, 2.05) is 20.1 Å². The Labute approximate surface area is 166 Å². The zero-order valence-electron chi connectivity index (χ0n) is 15.2. The van der Waals surface area contributed by atoms with Gasteiger partial charge in [-0.2, -0.15) is 4.98 Å². The van der Waals surface area contributed by atoms with Crippen LogP contribution in [0.25, 0.3) is 5.78 Å². The molecular formula is C18H19ClN4O3S. The van der Waals surface area contributed by atoms with Gasteiger partial charge in [-0.25, -0.2) is 9.50 Å². The normalized spacial score (nSPS) is 11.0. The molecule has 3 aromatic rings. The van der Waals surface area contributed by atoms with Crippen molar-refractivity contribution in [3.63, 3.8) is 0 Å². The van der Waals surface area contributed by atoms with Crippen LogP contribution in [0.2, 0.25) is 5.02 Å². The molecule has 0 saturated carbocycles. The molecule has 0 saturated heterocycles. The Morgan fingerprint density at radius 1 is 1.19 bits per heavy atom. The number of carbonyl (C=O) groups excluding carboxylic acids is 1. The van der Waals surface area contributed by atoms with Crippen LogP contribution in [0.4, 0.5) is 0 Å². The lowest BCUT2D eigenvalue weighted by molar-refractivity contribution is -0.143. The fraction of sp³-hybridized carbons (Fsp3) is 0.333. The first-order valence-corrected chi connectivity index (χ1v) is 9.89. The van der Waals surface area contributed by atoms with Crippen LogP contribution in [-0.4, -0.2) is 45.0 Å². The molecule has 0 radical (unpaired) electrons. The van der Waals surface area contributed by atoms with E-state index in [0.29, 0.717) is 21.7 Å². The van der Waals surface area contributed by atoms with Gasteiger partial charge in [0, 0.05) is 22.0 Å². The maximum atomic E-state index is 12.2. The molecule has 0 spiro atoms.